The molecule has 0 aromatic heterocycles. The van der Waals surface area contributed by atoms with Crippen LogP contribution in [0.4, 0.5) is 0 Å². The molecule has 0 spiro atoms. The van der Waals surface area contributed by atoms with Crippen molar-refractivity contribution >= 4 is 0 Å². The Balaban J connectivity index is 3.92. The van der Waals surface area contributed by atoms with Crippen molar-refractivity contribution in [2.24, 2.45) is 5.92 Å². The fraction of sp³-hybridized carbons (Fsp3) is 0.750. The Morgan fingerprint density at radius 2 is 1.83 bits per heavy atom. The van der Waals surface area contributed by atoms with E-state index in [9.17, 15) is 5.11 Å². The van der Waals surface area contributed by atoms with Gasteiger partial charge in [-0.25, -0.2) is 0 Å². The molecule has 4 nitrogen and oxygen atoms in total. The van der Waals surface area contributed by atoms with Crippen LogP contribution >= 0.6 is 0 Å². The lowest BCUT2D eigenvalue weighted by Gasteiger charge is -2.14. The molecule has 0 saturated heterocycles. The standard InChI is InChI=1S/C8H14O4/c9-4-1-2-8(12)7(6-11)3-5-10/h7-12H,3-6H2. The fourth-order valence-electron chi connectivity index (χ4n) is 0.783. The summed E-state index contributed by atoms with van der Waals surface area (Å²) in [6, 6.07) is 0. The molecule has 0 bridgehead atoms. The Bertz CT molecular complexity index is 158. The molecule has 0 aliphatic heterocycles. The van der Waals surface area contributed by atoms with Crippen LogP contribution in [0.5, 0.6) is 0 Å². The second-order valence-corrected chi connectivity index (χ2v) is 2.38. The maximum Gasteiger partial charge on any atom is 0.119 e. The van der Waals surface area contributed by atoms with Crippen LogP contribution in [-0.2, 0) is 0 Å². The third-order valence-corrected chi connectivity index (χ3v) is 1.51. The normalized spacial score (nSPS) is 14.7. The predicted molar refractivity (Wildman–Crippen MR) is 43.1 cm³/mol. The summed E-state index contributed by atoms with van der Waals surface area (Å²) in [5.41, 5.74) is 0. The number of aliphatic hydroxyl groups excluding tert-OH is 4. The van der Waals surface area contributed by atoms with E-state index in [1.165, 1.54) is 0 Å². The van der Waals surface area contributed by atoms with E-state index in [2.05, 4.69) is 11.8 Å². The van der Waals surface area contributed by atoms with Crippen LogP contribution in [0, 0.1) is 17.8 Å². The van der Waals surface area contributed by atoms with Gasteiger partial charge in [0.15, 0.2) is 0 Å². The van der Waals surface area contributed by atoms with Gasteiger partial charge in [-0.1, -0.05) is 11.8 Å². The zero-order chi connectivity index (χ0) is 9.40. The van der Waals surface area contributed by atoms with E-state index in [4.69, 9.17) is 15.3 Å². The first-order valence-corrected chi connectivity index (χ1v) is 3.75. The van der Waals surface area contributed by atoms with Crippen molar-refractivity contribution in [3.8, 4) is 11.8 Å². The maximum atomic E-state index is 9.22. The van der Waals surface area contributed by atoms with Crippen molar-refractivity contribution in [1.29, 1.82) is 0 Å². The van der Waals surface area contributed by atoms with Crippen LogP contribution in [0.3, 0.4) is 0 Å². The molecule has 12 heavy (non-hydrogen) atoms. The molecule has 0 radical (unpaired) electrons. The van der Waals surface area contributed by atoms with Gasteiger partial charge < -0.3 is 20.4 Å². The highest BCUT2D eigenvalue weighted by atomic mass is 16.3. The molecule has 2 atom stereocenters. The molecule has 0 aromatic rings. The van der Waals surface area contributed by atoms with Crippen molar-refractivity contribution in [2.45, 2.75) is 12.5 Å². The van der Waals surface area contributed by atoms with Gasteiger partial charge in [0.05, 0.1) is 0 Å². The summed E-state index contributed by atoms with van der Waals surface area (Å²) in [6.07, 6.45) is -0.674. The zero-order valence-corrected chi connectivity index (χ0v) is 6.77. The van der Waals surface area contributed by atoms with Gasteiger partial charge in [0.1, 0.15) is 12.7 Å². The predicted octanol–water partition coefficient (Wildman–Crippen LogP) is -1.67. The van der Waals surface area contributed by atoms with Gasteiger partial charge in [0.2, 0.25) is 0 Å². The minimum Gasteiger partial charge on any atom is -0.396 e. The van der Waals surface area contributed by atoms with Gasteiger partial charge in [-0.05, 0) is 6.42 Å². The Morgan fingerprint density at radius 3 is 2.25 bits per heavy atom. The highest BCUT2D eigenvalue weighted by Crippen LogP contribution is 2.06. The van der Waals surface area contributed by atoms with Crippen molar-refractivity contribution in [1.82, 2.24) is 0 Å². The molecule has 70 valence electrons. The molecule has 0 fully saturated rings. The Morgan fingerprint density at radius 1 is 1.17 bits per heavy atom. The minimum atomic E-state index is -0.977. The molecule has 0 rings (SSSR count). The van der Waals surface area contributed by atoms with E-state index in [1.54, 1.807) is 0 Å². The first-order chi connectivity index (χ1) is 5.76. The fourth-order valence-corrected chi connectivity index (χ4v) is 0.783. The molecular formula is C8H14O4. The van der Waals surface area contributed by atoms with Gasteiger partial charge in [-0.3, -0.25) is 0 Å². The van der Waals surface area contributed by atoms with E-state index in [-0.39, 0.29) is 19.8 Å². The molecule has 0 aliphatic carbocycles. The van der Waals surface area contributed by atoms with Crippen LogP contribution in [0.1, 0.15) is 6.42 Å². The number of hydrogen-bond donors (Lipinski definition) is 4. The Labute approximate surface area is 71.5 Å². The monoisotopic (exact) mass is 174 g/mol. The Hall–Kier alpha value is -0.600. The smallest absolute Gasteiger partial charge is 0.119 e. The quantitative estimate of drug-likeness (QED) is 0.384. The summed E-state index contributed by atoms with van der Waals surface area (Å²) in [5, 5.41) is 34.8. The molecule has 0 saturated carbocycles. The molecule has 4 N–H and O–H groups in total. The molecule has 2 unspecified atom stereocenters. The third kappa shape index (κ3) is 4.31. The summed E-state index contributed by atoms with van der Waals surface area (Å²) in [6.45, 7) is -0.626. The molecule has 4 heteroatoms. The lowest BCUT2D eigenvalue weighted by molar-refractivity contribution is 0.0866. The summed E-state index contributed by atoms with van der Waals surface area (Å²) in [5.74, 6) is 4.20. The molecule has 0 aliphatic rings. The van der Waals surface area contributed by atoms with Gasteiger partial charge in [0, 0.05) is 19.1 Å². The second kappa shape index (κ2) is 7.07. The Kier molecular flexibility index (Phi) is 6.72. The zero-order valence-electron chi connectivity index (χ0n) is 6.77. The van der Waals surface area contributed by atoms with Gasteiger partial charge >= 0.3 is 0 Å². The topological polar surface area (TPSA) is 80.9 Å². The van der Waals surface area contributed by atoms with Crippen molar-refractivity contribution in [3.63, 3.8) is 0 Å². The number of rotatable bonds is 4. The highest BCUT2D eigenvalue weighted by molar-refractivity contribution is 5.06. The summed E-state index contributed by atoms with van der Waals surface area (Å²) in [4.78, 5) is 0. The van der Waals surface area contributed by atoms with Crippen LogP contribution in [0.25, 0.3) is 0 Å². The van der Waals surface area contributed by atoms with Crippen LogP contribution < -0.4 is 0 Å². The van der Waals surface area contributed by atoms with Gasteiger partial charge in [-0.15, -0.1) is 0 Å². The highest BCUT2D eigenvalue weighted by Gasteiger charge is 2.14. The number of aliphatic hydroxyl groups is 4. The van der Waals surface area contributed by atoms with Crippen molar-refractivity contribution in [3.05, 3.63) is 0 Å². The van der Waals surface area contributed by atoms with E-state index in [0.717, 1.165) is 0 Å². The average Bonchev–Trinajstić information content (AvgIpc) is 2.10. The minimum absolute atomic E-state index is 0.0942. The summed E-state index contributed by atoms with van der Waals surface area (Å²) in [7, 11) is 0. The van der Waals surface area contributed by atoms with E-state index >= 15 is 0 Å². The van der Waals surface area contributed by atoms with Crippen LogP contribution in [0.15, 0.2) is 0 Å². The van der Waals surface area contributed by atoms with Gasteiger partial charge in [-0.2, -0.15) is 0 Å². The van der Waals surface area contributed by atoms with Crippen LogP contribution in [0.2, 0.25) is 0 Å². The maximum absolute atomic E-state index is 9.22. The van der Waals surface area contributed by atoms with Crippen LogP contribution in [-0.4, -0.2) is 46.4 Å². The molecule has 0 amide bonds. The first-order valence-electron chi connectivity index (χ1n) is 3.75. The lowest BCUT2D eigenvalue weighted by Crippen LogP contribution is -2.23. The second-order valence-electron chi connectivity index (χ2n) is 2.38. The van der Waals surface area contributed by atoms with Gasteiger partial charge in [0.25, 0.3) is 0 Å². The summed E-state index contributed by atoms with van der Waals surface area (Å²) >= 11 is 0. The lowest BCUT2D eigenvalue weighted by atomic mass is 10.0. The van der Waals surface area contributed by atoms with E-state index < -0.39 is 12.0 Å². The number of hydrogen-bond acceptors (Lipinski definition) is 4. The van der Waals surface area contributed by atoms with E-state index in [1.807, 2.05) is 0 Å². The SMILES string of the molecule is OCC#CC(O)C(CO)CCO. The van der Waals surface area contributed by atoms with Crippen molar-refractivity contribution < 1.29 is 20.4 Å². The summed E-state index contributed by atoms with van der Waals surface area (Å²) < 4.78 is 0. The largest absolute Gasteiger partial charge is 0.396 e. The third-order valence-electron chi connectivity index (χ3n) is 1.51. The molecule has 0 heterocycles. The van der Waals surface area contributed by atoms with E-state index in [0.29, 0.717) is 6.42 Å². The molecular weight excluding hydrogens is 160 g/mol. The average molecular weight is 174 g/mol. The van der Waals surface area contributed by atoms with Crippen molar-refractivity contribution in [2.75, 3.05) is 19.8 Å². The molecule has 0 aromatic carbocycles. The first kappa shape index (κ1) is 11.4.